The minimum Gasteiger partial charge on any atom is -0.365 e. The molecule has 0 radical (unpaired) electrons. The number of nitrogens with zero attached hydrogens (tertiary/aromatic N) is 2. The predicted octanol–water partition coefficient (Wildman–Crippen LogP) is -0.216. The highest BCUT2D eigenvalue weighted by atomic mass is 32.2. The van der Waals surface area contributed by atoms with Gasteiger partial charge in [0, 0.05) is 5.75 Å². The van der Waals surface area contributed by atoms with Gasteiger partial charge in [-0.15, -0.1) is 5.10 Å². The Balaban J connectivity index is 2.85. The van der Waals surface area contributed by atoms with Gasteiger partial charge in [-0.25, -0.2) is 8.42 Å². The molecule has 3 N–H and O–H groups in total. The molecule has 0 bridgehead atoms. The van der Waals surface area contributed by atoms with Gasteiger partial charge in [0.2, 0.25) is 0 Å². The SMILES string of the molecule is CCS(=O)(=O)CCCc1n[nH]c([N+](=O)[O-])c1C(N)=O. The zero-order valence-electron chi connectivity index (χ0n) is 10.2. The Bertz CT molecular complexity index is 592. The number of rotatable bonds is 7. The molecule has 0 saturated heterocycles. The molecule has 0 saturated carbocycles. The lowest BCUT2D eigenvalue weighted by atomic mass is 10.1. The van der Waals surface area contributed by atoms with Crippen LogP contribution in [0.4, 0.5) is 5.82 Å². The van der Waals surface area contributed by atoms with Crippen molar-refractivity contribution in [2.24, 2.45) is 5.73 Å². The van der Waals surface area contributed by atoms with Crippen LogP contribution in [0.5, 0.6) is 0 Å². The van der Waals surface area contributed by atoms with E-state index in [4.69, 9.17) is 5.73 Å². The predicted molar refractivity (Wildman–Crippen MR) is 66.4 cm³/mol. The molecule has 9 nitrogen and oxygen atoms in total. The second-order valence-corrected chi connectivity index (χ2v) is 6.33. The maximum Gasteiger partial charge on any atom is 0.355 e. The van der Waals surface area contributed by atoms with Crippen LogP contribution in [0.25, 0.3) is 0 Å². The number of carbonyl (C=O) groups is 1. The first-order valence-corrected chi connectivity index (χ1v) is 7.32. The van der Waals surface area contributed by atoms with Gasteiger partial charge in [0.15, 0.2) is 5.56 Å². The third-order valence-corrected chi connectivity index (χ3v) is 4.35. The van der Waals surface area contributed by atoms with Crippen molar-refractivity contribution in [1.29, 1.82) is 0 Å². The lowest BCUT2D eigenvalue weighted by molar-refractivity contribution is -0.389. The van der Waals surface area contributed by atoms with Crippen LogP contribution in [0.2, 0.25) is 0 Å². The molecule has 10 heteroatoms. The van der Waals surface area contributed by atoms with E-state index in [-0.39, 0.29) is 35.6 Å². The molecule has 1 aromatic rings. The number of carbonyl (C=O) groups excluding carboxylic acids is 1. The van der Waals surface area contributed by atoms with Crippen LogP contribution in [-0.4, -0.2) is 41.0 Å². The molecular weight excluding hydrogens is 276 g/mol. The van der Waals surface area contributed by atoms with Gasteiger partial charge in [0.25, 0.3) is 5.91 Å². The van der Waals surface area contributed by atoms with Gasteiger partial charge < -0.3 is 15.8 Å². The average molecular weight is 290 g/mol. The third-order valence-electron chi connectivity index (χ3n) is 2.56. The number of hydrogen-bond acceptors (Lipinski definition) is 6. The smallest absolute Gasteiger partial charge is 0.355 e. The number of aromatic nitrogens is 2. The second-order valence-electron chi connectivity index (χ2n) is 3.86. The summed E-state index contributed by atoms with van der Waals surface area (Å²) in [7, 11) is -3.12. The Kier molecular flexibility index (Phi) is 4.59. The molecule has 106 valence electrons. The Morgan fingerprint density at radius 1 is 1.53 bits per heavy atom. The highest BCUT2D eigenvalue weighted by Crippen LogP contribution is 2.19. The normalized spacial score (nSPS) is 11.4. The minimum absolute atomic E-state index is 0.0242. The number of nitrogens with one attached hydrogen (secondary N) is 1. The van der Waals surface area contributed by atoms with Crippen molar-refractivity contribution in [1.82, 2.24) is 10.2 Å². The molecule has 0 spiro atoms. The van der Waals surface area contributed by atoms with Crippen LogP contribution in [0.3, 0.4) is 0 Å². The number of hydrogen-bond donors (Lipinski definition) is 2. The minimum atomic E-state index is -3.12. The number of nitro groups is 1. The van der Waals surface area contributed by atoms with E-state index in [9.17, 15) is 23.3 Å². The summed E-state index contributed by atoms with van der Waals surface area (Å²) in [6, 6.07) is 0. The number of amides is 1. The van der Waals surface area contributed by atoms with Gasteiger partial charge >= 0.3 is 5.82 Å². The topological polar surface area (TPSA) is 149 Å². The molecule has 1 aromatic heterocycles. The molecule has 0 aliphatic heterocycles. The molecular formula is C9H14N4O5S. The molecule has 0 atom stereocenters. The molecule has 1 heterocycles. The number of H-pyrrole nitrogens is 1. The van der Waals surface area contributed by atoms with Gasteiger partial charge in [0.1, 0.15) is 15.5 Å². The van der Waals surface area contributed by atoms with Gasteiger partial charge in [-0.3, -0.25) is 4.79 Å². The summed E-state index contributed by atoms with van der Waals surface area (Å²) < 4.78 is 22.6. The highest BCUT2D eigenvalue weighted by molar-refractivity contribution is 7.91. The molecule has 0 aliphatic rings. The number of aromatic amines is 1. The first kappa shape index (κ1) is 15.1. The summed E-state index contributed by atoms with van der Waals surface area (Å²) in [6.45, 7) is 1.53. The fraction of sp³-hybridized carbons (Fsp3) is 0.556. The van der Waals surface area contributed by atoms with E-state index in [2.05, 4.69) is 10.2 Å². The third kappa shape index (κ3) is 3.74. The maximum absolute atomic E-state index is 11.3. The van der Waals surface area contributed by atoms with E-state index in [1.165, 1.54) is 6.92 Å². The first-order valence-electron chi connectivity index (χ1n) is 5.50. The Morgan fingerprint density at radius 3 is 2.63 bits per heavy atom. The van der Waals surface area contributed by atoms with Crippen LogP contribution in [0.1, 0.15) is 29.4 Å². The Labute approximate surface area is 109 Å². The van der Waals surface area contributed by atoms with Crippen molar-refractivity contribution in [3.63, 3.8) is 0 Å². The molecule has 0 unspecified atom stereocenters. The van der Waals surface area contributed by atoms with E-state index in [0.29, 0.717) is 0 Å². The van der Waals surface area contributed by atoms with Crippen molar-refractivity contribution in [2.75, 3.05) is 11.5 Å². The molecule has 1 amide bonds. The second kappa shape index (κ2) is 5.78. The van der Waals surface area contributed by atoms with Crippen LogP contribution >= 0.6 is 0 Å². The summed E-state index contributed by atoms with van der Waals surface area (Å²) in [5, 5.41) is 16.4. The summed E-state index contributed by atoms with van der Waals surface area (Å²) >= 11 is 0. The van der Waals surface area contributed by atoms with Gasteiger partial charge in [0.05, 0.1) is 5.75 Å². The van der Waals surface area contributed by atoms with E-state index in [0.717, 1.165) is 0 Å². The monoisotopic (exact) mass is 290 g/mol. The number of sulfone groups is 1. The quantitative estimate of drug-likeness (QED) is 0.523. The van der Waals surface area contributed by atoms with Gasteiger partial charge in [-0.2, -0.15) is 0 Å². The lowest BCUT2D eigenvalue weighted by Gasteiger charge is -2.00. The molecule has 0 aliphatic carbocycles. The standard InChI is InChI=1S/C9H14N4O5S/c1-2-19(17,18)5-3-4-6-7(8(10)14)9(12-11-6)13(15)16/h2-5H2,1H3,(H2,10,14)(H,11,12). The fourth-order valence-corrected chi connectivity index (χ4v) is 2.42. The van der Waals surface area contributed by atoms with Crippen molar-refractivity contribution in [3.05, 3.63) is 21.4 Å². The van der Waals surface area contributed by atoms with Crippen molar-refractivity contribution < 1.29 is 18.1 Å². The fourth-order valence-electron chi connectivity index (χ4n) is 1.54. The highest BCUT2D eigenvalue weighted by Gasteiger charge is 2.26. The zero-order chi connectivity index (χ0) is 14.6. The van der Waals surface area contributed by atoms with E-state index < -0.39 is 26.5 Å². The summed E-state index contributed by atoms with van der Waals surface area (Å²) in [6.07, 6.45) is 0.348. The van der Waals surface area contributed by atoms with Crippen LogP contribution in [-0.2, 0) is 16.3 Å². The summed E-state index contributed by atoms with van der Waals surface area (Å²) in [4.78, 5) is 21.0. The van der Waals surface area contributed by atoms with Crippen molar-refractivity contribution in [3.8, 4) is 0 Å². The summed E-state index contributed by atoms with van der Waals surface area (Å²) in [5.74, 6) is -1.58. The van der Waals surface area contributed by atoms with Crippen molar-refractivity contribution in [2.45, 2.75) is 19.8 Å². The van der Waals surface area contributed by atoms with E-state index >= 15 is 0 Å². The molecule has 0 fully saturated rings. The maximum atomic E-state index is 11.3. The Hall–Kier alpha value is -1.97. The average Bonchev–Trinajstić information content (AvgIpc) is 2.73. The number of aryl methyl sites for hydroxylation is 1. The lowest BCUT2D eigenvalue weighted by Crippen LogP contribution is -2.15. The molecule has 1 rings (SSSR count). The van der Waals surface area contributed by atoms with Gasteiger partial charge in [-0.05, 0) is 17.8 Å². The van der Waals surface area contributed by atoms with Gasteiger partial charge in [-0.1, -0.05) is 12.0 Å². The van der Waals surface area contributed by atoms with Crippen LogP contribution in [0, 0.1) is 10.1 Å². The molecule has 19 heavy (non-hydrogen) atoms. The number of nitrogens with two attached hydrogens (primary N) is 1. The summed E-state index contributed by atoms with van der Waals surface area (Å²) in [5.41, 5.74) is 4.88. The first-order chi connectivity index (χ1) is 8.78. The largest absolute Gasteiger partial charge is 0.365 e. The van der Waals surface area contributed by atoms with Crippen molar-refractivity contribution >= 4 is 21.6 Å². The zero-order valence-corrected chi connectivity index (χ0v) is 11.1. The van der Waals surface area contributed by atoms with Crippen LogP contribution in [0.15, 0.2) is 0 Å². The van der Waals surface area contributed by atoms with E-state index in [1.807, 2.05) is 0 Å². The number of primary amides is 1. The van der Waals surface area contributed by atoms with E-state index in [1.54, 1.807) is 0 Å². The van der Waals surface area contributed by atoms with Crippen LogP contribution < -0.4 is 5.73 Å². The molecule has 0 aromatic carbocycles. The Morgan fingerprint density at radius 2 is 2.16 bits per heavy atom.